The van der Waals surface area contributed by atoms with Gasteiger partial charge in [0, 0.05) is 5.57 Å². The minimum Gasteiger partial charge on any atom is -1.00 e. The summed E-state index contributed by atoms with van der Waals surface area (Å²) in [5, 5.41) is 0. The summed E-state index contributed by atoms with van der Waals surface area (Å²) in [6.45, 7) is 10.1. The maximum atomic E-state index is 11.3. The SMILES string of the molecule is C=C(C)C(=O)OCC[N+](C)(C)CCCCCCCCCCCC.[Br-]. The van der Waals surface area contributed by atoms with Crippen LogP contribution < -0.4 is 17.0 Å². The van der Waals surface area contributed by atoms with Crippen molar-refractivity contribution in [2.45, 2.75) is 78.1 Å². The molecule has 0 fully saturated rings. The van der Waals surface area contributed by atoms with Crippen LogP contribution in [0.4, 0.5) is 0 Å². The van der Waals surface area contributed by atoms with Crippen LogP contribution in [0.2, 0.25) is 0 Å². The summed E-state index contributed by atoms with van der Waals surface area (Å²) in [4.78, 5) is 11.3. The van der Waals surface area contributed by atoms with E-state index in [2.05, 4.69) is 27.6 Å². The third kappa shape index (κ3) is 16.5. The van der Waals surface area contributed by atoms with Crippen LogP contribution in [0.25, 0.3) is 0 Å². The molecule has 0 aromatic rings. The van der Waals surface area contributed by atoms with Crippen molar-refractivity contribution in [1.82, 2.24) is 0 Å². The Bertz CT molecular complexity index is 330. The number of quaternary nitrogens is 1. The van der Waals surface area contributed by atoms with E-state index < -0.39 is 0 Å². The standard InChI is InChI=1S/C20H40NO2.BrH/c1-6-7-8-9-10-11-12-13-14-15-16-21(4,5)17-18-23-20(22)19(2)3;/h2,6-18H2,1,3-5H3;1H/q+1;/p-1. The molecule has 24 heavy (non-hydrogen) atoms. The van der Waals surface area contributed by atoms with E-state index >= 15 is 0 Å². The average molecular weight is 406 g/mol. The lowest BCUT2D eigenvalue weighted by Crippen LogP contribution is -3.00. The number of halogens is 1. The third-order valence-corrected chi connectivity index (χ3v) is 4.40. The van der Waals surface area contributed by atoms with Gasteiger partial charge in [-0.15, -0.1) is 0 Å². The molecule has 0 rings (SSSR count). The van der Waals surface area contributed by atoms with Gasteiger partial charge in [0.2, 0.25) is 0 Å². The largest absolute Gasteiger partial charge is 1.00 e. The van der Waals surface area contributed by atoms with Crippen molar-refractivity contribution in [3.63, 3.8) is 0 Å². The van der Waals surface area contributed by atoms with Gasteiger partial charge in [-0.3, -0.25) is 0 Å². The zero-order valence-corrected chi connectivity index (χ0v) is 18.1. The Kier molecular flexibility index (Phi) is 17.4. The van der Waals surface area contributed by atoms with Crippen LogP contribution in [-0.4, -0.2) is 44.2 Å². The monoisotopic (exact) mass is 405 g/mol. The van der Waals surface area contributed by atoms with Crippen LogP contribution in [0, 0.1) is 0 Å². The van der Waals surface area contributed by atoms with E-state index in [0.717, 1.165) is 17.6 Å². The quantitative estimate of drug-likeness (QED) is 0.180. The van der Waals surface area contributed by atoms with Gasteiger partial charge < -0.3 is 26.2 Å². The smallest absolute Gasteiger partial charge is 0.333 e. The van der Waals surface area contributed by atoms with Gasteiger partial charge in [-0.05, 0) is 19.8 Å². The highest BCUT2D eigenvalue weighted by Gasteiger charge is 2.15. The molecule has 144 valence electrons. The van der Waals surface area contributed by atoms with E-state index in [0.29, 0.717) is 12.2 Å². The number of esters is 1. The van der Waals surface area contributed by atoms with Gasteiger partial charge in [-0.2, -0.15) is 0 Å². The summed E-state index contributed by atoms with van der Waals surface area (Å²) in [7, 11) is 4.42. The average Bonchev–Trinajstić information content (AvgIpc) is 2.48. The Labute approximate surface area is 161 Å². The van der Waals surface area contributed by atoms with E-state index in [-0.39, 0.29) is 23.0 Å². The van der Waals surface area contributed by atoms with Crippen molar-refractivity contribution in [2.24, 2.45) is 0 Å². The number of hydrogen-bond acceptors (Lipinski definition) is 2. The first-order chi connectivity index (χ1) is 10.9. The fourth-order valence-electron chi connectivity index (χ4n) is 2.65. The van der Waals surface area contributed by atoms with Crippen LogP contribution in [0.3, 0.4) is 0 Å². The van der Waals surface area contributed by atoms with Crippen LogP contribution >= 0.6 is 0 Å². The fraction of sp³-hybridized carbons (Fsp3) is 0.850. The molecule has 0 aliphatic heterocycles. The Hall–Kier alpha value is -0.350. The third-order valence-electron chi connectivity index (χ3n) is 4.40. The first-order valence-corrected chi connectivity index (χ1v) is 9.53. The highest BCUT2D eigenvalue weighted by molar-refractivity contribution is 5.86. The second-order valence-corrected chi connectivity index (χ2v) is 7.48. The van der Waals surface area contributed by atoms with Crippen molar-refractivity contribution in [3.8, 4) is 0 Å². The fourth-order valence-corrected chi connectivity index (χ4v) is 2.65. The van der Waals surface area contributed by atoms with Crippen LogP contribution in [0.5, 0.6) is 0 Å². The molecule has 0 spiro atoms. The second-order valence-electron chi connectivity index (χ2n) is 7.48. The second kappa shape index (κ2) is 16.1. The summed E-state index contributed by atoms with van der Waals surface area (Å²) in [6.07, 6.45) is 13.7. The number of carbonyl (C=O) groups is 1. The van der Waals surface area contributed by atoms with Crippen molar-refractivity contribution >= 4 is 5.97 Å². The minimum atomic E-state index is -0.274. The summed E-state index contributed by atoms with van der Waals surface area (Å²) >= 11 is 0. The van der Waals surface area contributed by atoms with Gasteiger partial charge in [-0.25, -0.2) is 4.79 Å². The van der Waals surface area contributed by atoms with E-state index in [1.54, 1.807) is 6.92 Å². The highest BCUT2D eigenvalue weighted by atomic mass is 79.9. The molecule has 0 bridgehead atoms. The topological polar surface area (TPSA) is 26.3 Å². The number of rotatable bonds is 15. The molecule has 3 nitrogen and oxygen atoms in total. The molecule has 0 unspecified atom stereocenters. The molecule has 0 N–H and O–H groups in total. The van der Waals surface area contributed by atoms with Crippen molar-refractivity contribution < 1.29 is 31.0 Å². The zero-order chi connectivity index (χ0) is 17.6. The molecule has 0 aromatic heterocycles. The number of unbranched alkanes of at least 4 members (excludes halogenated alkanes) is 9. The molecule has 0 heterocycles. The number of likely N-dealkylation sites (N-methyl/N-ethyl adjacent to an activating group) is 1. The number of carbonyl (C=O) groups excluding carboxylic acids is 1. The molecular formula is C20H40BrNO2. The molecule has 0 aliphatic carbocycles. The van der Waals surface area contributed by atoms with Gasteiger partial charge >= 0.3 is 5.97 Å². The van der Waals surface area contributed by atoms with E-state index in [4.69, 9.17) is 4.74 Å². The Morgan fingerprint density at radius 1 is 0.875 bits per heavy atom. The lowest BCUT2D eigenvalue weighted by Gasteiger charge is -2.29. The van der Waals surface area contributed by atoms with Gasteiger partial charge in [0.15, 0.2) is 0 Å². The van der Waals surface area contributed by atoms with Crippen LogP contribution in [-0.2, 0) is 9.53 Å². The zero-order valence-electron chi connectivity index (χ0n) is 16.5. The molecule has 0 atom stereocenters. The highest BCUT2D eigenvalue weighted by Crippen LogP contribution is 2.11. The first-order valence-electron chi connectivity index (χ1n) is 9.53. The van der Waals surface area contributed by atoms with E-state index in [1.165, 1.54) is 64.2 Å². The van der Waals surface area contributed by atoms with Gasteiger partial charge in [0.1, 0.15) is 13.2 Å². The predicted molar refractivity (Wildman–Crippen MR) is 99.5 cm³/mol. The maximum Gasteiger partial charge on any atom is 0.333 e. The summed E-state index contributed by atoms with van der Waals surface area (Å²) in [5.41, 5.74) is 0.477. The van der Waals surface area contributed by atoms with Gasteiger partial charge in [0.25, 0.3) is 0 Å². The number of hydrogen-bond donors (Lipinski definition) is 0. The van der Waals surface area contributed by atoms with Gasteiger partial charge in [0.05, 0.1) is 20.6 Å². The molecule has 0 aromatic carbocycles. The number of ether oxygens (including phenoxy) is 1. The maximum absolute atomic E-state index is 11.3. The predicted octanol–water partition coefficient (Wildman–Crippen LogP) is 2.11. The first kappa shape index (κ1) is 25.9. The molecule has 0 saturated carbocycles. The number of nitrogens with zero attached hydrogens (tertiary/aromatic N) is 1. The summed E-state index contributed by atoms with van der Waals surface area (Å²) in [6, 6.07) is 0. The molecule has 0 aliphatic rings. The normalized spacial score (nSPS) is 11.0. The molecule has 4 heteroatoms. The molecule has 0 saturated heterocycles. The lowest BCUT2D eigenvalue weighted by molar-refractivity contribution is -0.890. The summed E-state index contributed by atoms with van der Waals surface area (Å²) < 4.78 is 6.10. The van der Waals surface area contributed by atoms with E-state index in [1.807, 2.05) is 0 Å². The Morgan fingerprint density at radius 2 is 1.33 bits per heavy atom. The molecule has 0 amide bonds. The lowest BCUT2D eigenvalue weighted by atomic mass is 10.1. The molecular weight excluding hydrogens is 366 g/mol. The van der Waals surface area contributed by atoms with Crippen LogP contribution in [0.1, 0.15) is 78.1 Å². The van der Waals surface area contributed by atoms with Gasteiger partial charge in [-0.1, -0.05) is 64.9 Å². The van der Waals surface area contributed by atoms with E-state index in [9.17, 15) is 4.79 Å². The minimum absolute atomic E-state index is 0. The molecule has 0 radical (unpaired) electrons. The Morgan fingerprint density at radius 3 is 1.79 bits per heavy atom. The summed E-state index contributed by atoms with van der Waals surface area (Å²) in [5.74, 6) is -0.274. The van der Waals surface area contributed by atoms with Crippen molar-refractivity contribution in [3.05, 3.63) is 12.2 Å². The van der Waals surface area contributed by atoms with Crippen LogP contribution in [0.15, 0.2) is 12.2 Å². The van der Waals surface area contributed by atoms with Crippen molar-refractivity contribution in [1.29, 1.82) is 0 Å². The van der Waals surface area contributed by atoms with Crippen molar-refractivity contribution in [2.75, 3.05) is 33.8 Å². The Balaban J connectivity index is 0.